The monoisotopic (exact) mass is 610 g/mol. The summed E-state index contributed by atoms with van der Waals surface area (Å²) in [4.78, 5) is 26.2. The number of esters is 2. The number of alkyl halides is 8. The molecule has 0 aromatic heterocycles. The number of ether oxygens (including phenoxy) is 3. The number of hydrogen-bond acceptors (Lipinski definition) is 7. The highest BCUT2D eigenvalue weighted by molar-refractivity contribution is 7.86. The summed E-state index contributed by atoms with van der Waals surface area (Å²) in [5.74, 6) is -10.3. The first-order chi connectivity index (χ1) is 18.2. The Morgan fingerprint density at radius 2 is 1.35 bits per heavy atom. The zero-order valence-electron chi connectivity index (χ0n) is 20.2. The minimum absolute atomic E-state index is 0.0250. The summed E-state index contributed by atoms with van der Waals surface area (Å²) < 4.78 is 153. The maximum atomic E-state index is 14.4. The molecule has 5 rings (SSSR count). The first-order valence-electron chi connectivity index (χ1n) is 11.9. The summed E-state index contributed by atoms with van der Waals surface area (Å²) in [6.07, 6.45) is -8.56. The Morgan fingerprint density at radius 3 is 1.75 bits per heavy atom. The van der Waals surface area contributed by atoms with Crippen LogP contribution < -0.4 is 4.74 Å². The second-order valence-corrected chi connectivity index (χ2v) is 12.1. The van der Waals surface area contributed by atoms with Crippen LogP contribution in [0.4, 0.5) is 35.1 Å². The van der Waals surface area contributed by atoms with E-state index in [1.165, 1.54) is 0 Å². The SMILES string of the molecule is O=C(OC(OCC(F)(F)S(=O)(=O)O)(C(=O)Oc1ccc(C(F)(F)F)cc1)C(F)(F)F)C12CC3CC(CC(C3)C1)C2. The van der Waals surface area contributed by atoms with Crippen molar-refractivity contribution in [3.8, 4) is 5.75 Å². The molecule has 4 bridgehead atoms. The number of halogens is 8. The van der Waals surface area contributed by atoms with Crippen LogP contribution in [0, 0.1) is 23.2 Å². The molecule has 8 nitrogen and oxygen atoms in total. The zero-order valence-corrected chi connectivity index (χ0v) is 21.0. The van der Waals surface area contributed by atoms with Crippen LogP contribution >= 0.6 is 0 Å². The van der Waals surface area contributed by atoms with E-state index in [1.807, 2.05) is 0 Å². The molecular weight excluding hydrogens is 588 g/mol. The van der Waals surface area contributed by atoms with Gasteiger partial charge in [0.1, 0.15) is 12.4 Å². The van der Waals surface area contributed by atoms with Crippen LogP contribution in [0.25, 0.3) is 0 Å². The molecule has 0 saturated heterocycles. The van der Waals surface area contributed by atoms with Crippen LogP contribution in [0.3, 0.4) is 0 Å². The van der Waals surface area contributed by atoms with Gasteiger partial charge >= 0.3 is 45.5 Å². The van der Waals surface area contributed by atoms with Gasteiger partial charge in [-0.1, -0.05) is 0 Å². The summed E-state index contributed by atoms with van der Waals surface area (Å²) in [5, 5.41) is -5.40. The molecule has 0 heterocycles. The lowest BCUT2D eigenvalue weighted by molar-refractivity contribution is -0.361. The molecule has 40 heavy (non-hydrogen) atoms. The van der Waals surface area contributed by atoms with Gasteiger partial charge in [0.25, 0.3) is 0 Å². The third-order valence-electron chi connectivity index (χ3n) is 7.56. The number of rotatable bonds is 8. The maximum absolute atomic E-state index is 14.4. The van der Waals surface area contributed by atoms with Crippen molar-refractivity contribution in [1.29, 1.82) is 0 Å². The van der Waals surface area contributed by atoms with Crippen molar-refractivity contribution in [2.24, 2.45) is 23.2 Å². The fourth-order valence-corrected chi connectivity index (χ4v) is 6.34. The van der Waals surface area contributed by atoms with Gasteiger partial charge in [-0.3, -0.25) is 9.35 Å². The first kappa shape index (κ1) is 30.4. The predicted octanol–water partition coefficient (Wildman–Crippen LogP) is 5.13. The Kier molecular flexibility index (Phi) is 7.45. The summed E-state index contributed by atoms with van der Waals surface area (Å²) in [5.41, 5.74) is -2.78. The highest BCUT2D eigenvalue weighted by Gasteiger charge is 2.71. The van der Waals surface area contributed by atoms with Gasteiger partial charge in [0.2, 0.25) is 0 Å². The van der Waals surface area contributed by atoms with Gasteiger partial charge < -0.3 is 14.2 Å². The molecule has 4 fully saturated rings. The van der Waals surface area contributed by atoms with Crippen molar-refractivity contribution in [2.75, 3.05) is 6.61 Å². The van der Waals surface area contributed by atoms with E-state index >= 15 is 0 Å². The van der Waals surface area contributed by atoms with E-state index in [0.29, 0.717) is 24.3 Å². The van der Waals surface area contributed by atoms with Crippen LogP contribution in [0.15, 0.2) is 24.3 Å². The molecule has 1 aromatic rings. The largest absolute Gasteiger partial charge is 0.468 e. The Balaban J connectivity index is 1.69. The lowest BCUT2D eigenvalue weighted by atomic mass is 9.49. The van der Waals surface area contributed by atoms with Crippen molar-refractivity contribution in [2.45, 2.75) is 61.9 Å². The Morgan fingerprint density at radius 1 is 0.875 bits per heavy atom. The van der Waals surface area contributed by atoms with Crippen molar-refractivity contribution in [3.63, 3.8) is 0 Å². The Bertz CT molecular complexity index is 1220. The van der Waals surface area contributed by atoms with Crippen LogP contribution in [-0.4, -0.2) is 48.7 Å². The summed E-state index contributed by atoms with van der Waals surface area (Å²) in [6.45, 7) is -2.80. The lowest BCUT2D eigenvalue weighted by Crippen LogP contribution is -2.62. The van der Waals surface area contributed by atoms with Gasteiger partial charge in [-0.25, -0.2) is 4.79 Å². The van der Waals surface area contributed by atoms with E-state index in [-0.39, 0.29) is 37.0 Å². The van der Waals surface area contributed by atoms with Gasteiger partial charge in [-0.05, 0) is 80.5 Å². The van der Waals surface area contributed by atoms with Crippen molar-refractivity contribution >= 4 is 22.1 Å². The Hall–Kier alpha value is -2.53. The smallest absolute Gasteiger partial charge is 0.421 e. The third kappa shape index (κ3) is 5.64. The van der Waals surface area contributed by atoms with E-state index < -0.39 is 68.8 Å². The fourth-order valence-electron chi connectivity index (χ4n) is 6.13. The van der Waals surface area contributed by atoms with E-state index in [9.17, 15) is 53.1 Å². The van der Waals surface area contributed by atoms with Crippen molar-refractivity contribution < 1.29 is 71.9 Å². The van der Waals surface area contributed by atoms with Gasteiger partial charge in [0, 0.05) is 0 Å². The predicted molar refractivity (Wildman–Crippen MR) is 115 cm³/mol. The molecule has 0 amide bonds. The number of carbonyl (C=O) groups excluding carboxylic acids is 2. The molecule has 4 saturated carbocycles. The average molecular weight is 610 g/mol. The summed E-state index contributed by atoms with van der Waals surface area (Å²) in [6, 6.07) is 1.56. The summed E-state index contributed by atoms with van der Waals surface area (Å²) >= 11 is 0. The molecule has 0 aliphatic heterocycles. The lowest BCUT2D eigenvalue weighted by Gasteiger charge is -2.55. The quantitative estimate of drug-likeness (QED) is 0.142. The number of benzene rings is 1. The highest BCUT2D eigenvalue weighted by Crippen LogP contribution is 2.61. The molecule has 17 heteroatoms. The van der Waals surface area contributed by atoms with Crippen molar-refractivity contribution in [3.05, 3.63) is 29.8 Å². The topological polar surface area (TPSA) is 116 Å². The van der Waals surface area contributed by atoms with Crippen LogP contribution in [0.5, 0.6) is 5.75 Å². The second kappa shape index (κ2) is 9.79. The van der Waals surface area contributed by atoms with Gasteiger partial charge in [-0.2, -0.15) is 43.5 Å². The third-order valence-corrected chi connectivity index (χ3v) is 8.44. The average Bonchev–Trinajstić information content (AvgIpc) is 2.79. The molecule has 0 radical (unpaired) electrons. The molecule has 224 valence electrons. The van der Waals surface area contributed by atoms with E-state index in [1.54, 1.807) is 0 Å². The normalized spacial score (nSPS) is 28.2. The van der Waals surface area contributed by atoms with Gasteiger partial charge in [0.15, 0.2) is 0 Å². The molecule has 4 aliphatic carbocycles. The summed E-state index contributed by atoms with van der Waals surface area (Å²) in [7, 11) is -6.36. The minimum Gasteiger partial charge on any atom is -0.421 e. The van der Waals surface area contributed by atoms with Crippen LogP contribution in [0.2, 0.25) is 0 Å². The van der Waals surface area contributed by atoms with E-state index in [0.717, 1.165) is 19.3 Å². The molecule has 1 unspecified atom stereocenters. The van der Waals surface area contributed by atoms with E-state index in [4.69, 9.17) is 4.55 Å². The second-order valence-electron chi connectivity index (χ2n) is 10.5. The van der Waals surface area contributed by atoms with Gasteiger partial charge in [-0.15, -0.1) is 0 Å². The molecule has 4 aliphatic rings. The zero-order chi connectivity index (χ0) is 29.9. The van der Waals surface area contributed by atoms with Crippen molar-refractivity contribution in [1.82, 2.24) is 0 Å². The minimum atomic E-state index is -6.36. The molecule has 1 aromatic carbocycles. The molecule has 1 atom stereocenters. The highest BCUT2D eigenvalue weighted by atomic mass is 32.2. The first-order valence-corrected chi connectivity index (χ1v) is 13.3. The van der Waals surface area contributed by atoms with E-state index in [2.05, 4.69) is 14.2 Å². The Labute approximate surface area is 221 Å². The fraction of sp³-hybridized carbons (Fsp3) is 0.652. The van der Waals surface area contributed by atoms with Gasteiger partial charge in [0.05, 0.1) is 11.0 Å². The molecule has 0 spiro atoms. The van der Waals surface area contributed by atoms with Crippen LogP contribution in [-0.2, 0) is 35.4 Å². The maximum Gasteiger partial charge on any atom is 0.468 e. The molecule has 1 N–H and O–H groups in total. The number of hydrogen-bond donors (Lipinski definition) is 1. The number of carbonyl (C=O) groups is 2. The standard InChI is InChI=1S/C23H22F8O8S/c24-20(25,40(34,35)36)11-37-21(23(29,30)31,18(33)38-16-3-1-15(2-4-16)22(26,27)28)39-17(32)19-8-12-5-13(9-19)7-14(6-12)10-19/h1-4,12-14H,5-11H2,(H,34,35,36). The molecular formula is C23H22F8O8S. The van der Waals surface area contributed by atoms with Crippen LogP contribution in [0.1, 0.15) is 44.1 Å².